The summed E-state index contributed by atoms with van der Waals surface area (Å²) >= 11 is 0. The standard InChI is InChI=1S/C14H10N2O/c17-9-11-6-7-14-13(8-11)15-10-16(14)12-4-2-1-3-5-12/h1-10H. The third-order valence-corrected chi connectivity index (χ3v) is 2.74. The first kappa shape index (κ1) is 9.78. The van der Waals surface area contributed by atoms with Crippen LogP contribution in [0.2, 0.25) is 0 Å². The molecular weight excluding hydrogens is 212 g/mol. The molecular formula is C14H10N2O. The fourth-order valence-electron chi connectivity index (χ4n) is 1.90. The van der Waals surface area contributed by atoms with Gasteiger partial charge in [-0.15, -0.1) is 0 Å². The second kappa shape index (κ2) is 3.87. The molecule has 17 heavy (non-hydrogen) atoms. The molecule has 0 aliphatic rings. The minimum Gasteiger partial charge on any atom is -0.299 e. The number of hydrogen-bond acceptors (Lipinski definition) is 2. The molecule has 1 aromatic heterocycles. The molecule has 82 valence electrons. The van der Waals surface area contributed by atoms with Gasteiger partial charge in [0, 0.05) is 11.3 Å². The Labute approximate surface area is 98.3 Å². The van der Waals surface area contributed by atoms with E-state index in [9.17, 15) is 4.79 Å². The average molecular weight is 222 g/mol. The monoisotopic (exact) mass is 222 g/mol. The highest BCUT2D eigenvalue weighted by Crippen LogP contribution is 2.18. The van der Waals surface area contributed by atoms with Gasteiger partial charge in [-0.1, -0.05) is 18.2 Å². The summed E-state index contributed by atoms with van der Waals surface area (Å²) in [6.45, 7) is 0. The first-order chi connectivity index (χ1) is 8.38. The molecule has 0 spiro atoms. The summed E-state index contributed by atoms with van der Waals surface area (Å²) in [5.41, 5.74) is 3.55. The summed E-state index contributed by atoms with van der Waals surface area (Å²) in [4.78, 5) is 15.0. The highest BCUT2D eigenvalue weighted by molar-refractivity contribution is 5.85. The lowest BCUT2D eigenvalue weighted by Gasteiger charge is -2.03. The lowest BCUT2D eigenvalue weighted by molar-refractivity contribution is 0.112. The zero-order valence-electron chi connectivity index (χ0n) is 9.08. The number of para-hydroxylation sites is 1. The van der Waals surface area contributed by atoms with E-state index in [1.807, 2.05) is 41.0 Å². The van der Waals surface area contributed by atoms with Crippen molar-refractivity contribution in [1.29, 1.82) is 0 Å². The SMILES string of the molecule is O=Cc1ccc2c(c1)ncn2-c1ccccc1. The summed E-state index contributed by atoms with van der Waals surface area (Å²) in [7, 11) is 0. The molecule has 0 aliphatic heterocycles. The van der Waals surface area contributed by atoms with Crippen LogP contribution in [0.3, 0.4) is 0 Å². The molecule has 0 saturated carbocycles. The molecule has 0 aliphatic carbocycles. The maximum atomic E-state index is 10.7. The predicted molar refractivity (Wildman–Crippen MR) is 66.5 cm³/mol. The molecule has 0 unspecified atom stereocenters. The molecule has 0 amide bonds. The van der Waals surface area contributed by atoms with Gasteiger partial charge < -0.3 is 0 Å². The number of aldehydes is 1. The van der Waals surface area contributed by atoms with E-state index >= 15 is 0 Å². The third-order valence-electron chi connectivity index (χ3n) is 2.74. The molecule has 1 heterocycles. The number of nitrogens with zero attached hydrogens (tertiary/aromatic N) is 2. The Morgan fingerprint density at radius 2 is 1.88 bits per heavy atom. The number of aromatic nitrogens is 2. The molecule has 0 saturated heterocycles. The first-order valence-corrected chi connectivity index (χ1v) is 5.36. The van der Waals surface area contributed by atoms with E-state index in [1.54, 1.807) is 18.5 Å². The molecule has 0 radical (unpaired) electrons. The van der Waals surface area contributed by atoms with E-state index in [0.717, 1.165) is 23.0 Å². The van der Waals surface area contributed by atoms with Gasteiger partial charge >= 0.3 is 0 Å². The van der Waals surface area contributed by atoms with Crippen LogP contribution in [0.4, 0.5) is 0 Å². The number of hydrogen-bond donors (Lipinski definition) is 0. The average Bonchev–Trinajstić information content (AvgIpc) is 2.82. The van der Waals surface area contributed by atoms with E-state index in [0.29, 0.717) is 5.56 Å². The highest BCUT2D eigenvalue weighted by atomic mass is 16.1. The van der Waals surface area contributed by atoms with Gasteiger partial charge in [0.05, 0.1) is 11.0 Å². The number of fused-ring (bicyclic) bond motifs is 1. The van der Waals surface area contributed by atoms with Gasteiger partial charge in [-0.25, -0.2) is 4.98 Å². The van der Waals surface area contributed by atoms with Gasteiger partial charge in [-0.3, -0.25) is 9.36 Å². The fourth-order valence-corrected chi connectivity index (χ4v) is 1.90. The zero-order valence-corrected chi connectivity index (χ0v) is 9.08. The zero-order chi connectivity index (χ0) is 11.7. The van der Waals surface area contributed by atoms with E-state index in [-0.39, 0.29) is 0 Å². The predicted octanol–water partition coefficient (Wildman–Crippen LogP) is 2.84. The van der Waals surface area contributed by atoms with Crippen LogP contribution in [0, 0.1) is 0 Å². The molecule has 0 N–H and O–H groups in total. The summed E-state index contributed by atoms with van der Waals surface area (Å²) in [5.74, 6) is 0. The van der Waals surface area contributed by atoms with Crippen molar-refractivity contribution < 1.29 is 4.79 Å². The van der Waals surface area contributed by atoms with Crippen LogP contribution in [0.15, 0.2) is 54.9 Å². The smallest absolute Gasteiger partial charge is 0.150 e. The van der Waals surface area contributed by atoms with E-state index in [4.69, 9.17) is 0 Å². The minimum atomic E-state index is 0.649. The summed E-state index contributed by atoms with van der Waals surface area (Å²) in [6, 6.07) is 15.5. The normalized spacial score (nSPS) is 10.6. The van der Waals surface area contributed by atoms with Crippen molar-refractivity contribution in [2.75, 3.05) is 0 Å². The largest absolute Gasteiger partial charge is 0.299 e. The van der Waals surface area contributed by atoms with Crippen LogP contribution in [0.5, 0.6) is 0 Å². The first-order valence-electron chi connectivity index (χ1n) is 5.36. The molecule has 3 aromatic rings. The van der Waals surface area contributed by atoms with Crippen molar-refractivity contribution in [3.8, 4) is 5.69 Å². The van der Waals surface area contributed by atoms with Crippen LogP contribution >= 0.6 is 0 Å². The van der Waals surface area contributed by atoms with Crippen LogP contribution in [0.25, 0.3) is 16.7 Å². The second-order valence-corrected chi connectivity index (χ2v) is 3.82. The summed E-state index contributed by atoms with van der Waals surface area (Å²) in [5, 5.41) is 0. The topological polar surface area (TPSA) is 34.9 Å². The van der Waals surface area contributed by atoms with Crippen molar-refractivity contribution in [3.63, 3.8) is 0 Å². The number of benzene rings is 2. The fraction of sp³-hybridized carbons (Fsp3) is 0. The molecule has 3 nitrogen and oxygen atoms in total. The maximum absolute atomic E-state index is 10.7. The quantitative estimate of drug-likeness (QED) is 0.625. The van der Waals surface area contributed by atoms with E-state index < -0.39 is 0 Å². The van der Waals surface area contributed by atoms with Crippen molar-refractivity contribution >= 4 is 17.3 Å². The van der Waals surface area contributed by atoms with Crippen LogP contribution < -0.4 is 0 Å². The van der Waals surface area contributed by atoms with Crippen molar-refractivity contribution in [3.05, 3.63) is 60.4 Å². The number of carbonyl (C=O) groups is 1. The molecule has 3 rings (SSSR count). The van der Waals surface area contributed by atoms with Crippen molar-refractivity contribution in [2.45, 2.75) is 0 Å². The Morgan fingerprint density at radius 1 is 1.06 bits per heavy atom. The molecule has 2 aromatic carbocycles. The van der Waals surface area contributed by atoms with Crippen LogP contribution in [-0.2, 0) is 0 Å². The Balaban J connectivity index is 2.22. The second-order valence-electron chi connectivity index (χ2n) is 3.82. The lowest BCUT2D eigenvalue weighted by atomic mass is 10.2. The van der Waals surface area contributed by atoms with Gasteiger partial charge in [0.15, 0.2) is 0 Å². The lowest BCUT2D eigenvalue weighted by Crippen LogP contribution is -1.90. The molecule has 0 fully saturated rings. The summed E-state index contributed by atoms with van der Waals surface area (Å²) in [6.07, 6.45) is 2.61. The van der Waals surface area contributed by atoms with E-state index in [2.05, 4.69) is 4.98 Å². The van der Waals surface area contributed by atoms with Crippen molar-refractivity contribution in [2.24, 2.45) is 0 Å². The minimum absolute atomic E-state index is 0.649. The van der Waals surface area contributed by atoms with Crippen molar-refractivity contribution in [1.82, 2.24) is 9.55 Å². The molecule has 0 bridgehead atoms. The third kappa shape index (κ3) is 1.61. The number of carbonyl (C=O) groups excluding carboxylic acids is 1. The Morgan fingerprint density at radius 3 is 2.65 bits per heavy atom. The summed E-state index contributed by atoms with van der Waals surface area (Å²) < 4.78 is 2.00. The Kier molecular flexibility index (Phi) is 2.22. The van der Waals surface area contributed by atoms with Crippen LogP contribution in [0.1, 0.15) is 10.4 Å². The van der Waals surface area contributed by atoms with E-state index in [1.165, 1.54) is 0 Å². The maximum Gasteiger partial charge on any atom is 0.150 e. The number of rotatable bonds is 2. The number of imidazole rings is 1. The molecule has 3 heteroatoms. The Bertz CT molecular complexity index is 671. The van der Waals surface area contributed by atoms with Gasteiger partial charge in [0.25, 0.3) is 0 Å². The van der Waals surface area contributed by atoms with Gasteiger partial charge in [0.2, 0.25) is 0 Å². The van der Waals surface area contributed by atoms with Gasteiger partial charge in [-0.2, -0.15) is 0 Å². The van der Waals surface area contributed by atoms with Gasteiger partial charge in [0.1, 0.15) is 12.6 Å². The Hall–Kier alpha value is -2.42. The van der Waals surface area contributed by atoms with Crippen LogP contribution in [-0.4, -0.2) is 15.8 Å². The highest BCUT2D eigenvalue weighted by Gasteiger charge is 2.04. The van der Waals surface area contributed by atoms with Gasteiger partial charge in [-0.05, 0) is 30.3 Å². The molecule has 0 atom stereocenters.